The lowest BCUT2D eigenvalue weighted by molar-refractivity contribution is -0.0782. The summed E-state index contributed by atoms with van der Waals surface area (Å²) in [6.45, 7) is 4.20. The molecular formula is C15H23FN2O2. The van der Waals surface area contributed by atoms with Gasteiger partial charge in [-0.05, 0) is 19.4 Å². The van der Waals surface area contributed by atoms with Crippen molar-refractivity contribution in [2.75, 3.05) is 26.3 Å². The van der Waals surface area contributed by atoms with Crippen LogP contribution in [0.15, 0.2) is 24.3 Å². The van der Waals surface area contributed by atoms with Crippen molar-refractivity contribution in [3.63, 3.8) is 0 Å². The molecule has 3 unspecified atom stereocenters. The van der Waals surface area contributed by atoms with Gasteiger partial charge in [0.2, 0.25) is 0 Å². The van der Waals surface area contributed by atoms with Crippen molar-refractivity contribution in [2.45, 2.75) is 31.5 Å². The van der Waals surface area contributed by atoms with Gasteiger partial charge in [-0.3, -0.25) is 4.90 Å². The number of morpholine rings is 1. The number of nitrogens with two attached hydrogens (primary N) is 1. The van der Waals surface area contributed by atoms with Crippen LogP contribution in [0.4, 0.5) is 4.39 Å². The summed E-state index contributed by atoms with van der Waals surface area (Å²) in [7, 11) is 0. The molecule has 0 bridgehead atoms. The summed E-state index contributed by atoms with van der Waals surface area (Å²) in [5.41, 5.74) is 6.64. The number of aliphatic hydroxyl groups excluding tert-OH is 1. The van der Waals surface area contributed by atoms with Gasteiger partial charge >= 0.3 is 0 Å². The van der Waals surface area contributed by atoms with Crippen molar-refractivity contribution in [1.82, 2.24) is 4.90 Å². The summed E-state index contributed by atoms with van der Waals surface area (Å²) >= 11 is 0. The highest BCUT2D eigenvalue weighted by Crippen LogP contribution is 2.19. The zero-order valence-corrected chi connectivity index (χ0v) is 11.8. The van der Waals surface area contributed by atoms with Gasteiger partial charge in [-0.15, -0.1) is 0 Å². The monoisotopic (exact) mass is 282 g/mol. The number of benzene rings is 1. The molecule has 1 aliphatic rings. The smallest absolute Gasteiger partial charge is 0.127 e. The van der Waals surface area contributed by atoms with E-state index in [0.29, 0.717) is 31.2 Å². The van der Waals surface area contributed by atoms with E-state index in [1.165, 1.54) is 6.07 Å². The predicted molar refractivity (Wildman–Crippen MR) is 75.8 cm³/mol. The molecule has 0 radical (unpaired) electrons. The molecule has 4 nitrogen and oxygen atoms in total. The van der Waals surface area contributed by atoms with Crippen molar-refractivity contribution >= 4 is 0 Å². The summed E-state index contributed by atoms with van der Waals surface area (Å²) in [4.78, 5) is 2.24. The van der Waals surface area contributed by atoms with Gasteiger partial charge in [0.05, 0.1) is 19.3 Å². The molecule has 5 heteroatoms. The molecule has 0 aromatic heterocycles. The standard InChI is InChI=1S/C15H23FN2O2/c1-11-10-20-12(9-19)8-18(11)7-6-15(17)13-4-2-3-5-14(13)16/h2-5,11-12,15,19H,6-10,17H2,1H3. The molecule has 0 saturated carbocycles. The van der Waals surface area contributed by atoms with Crippen molar-refractivity contribution in [1.29, 1.82) is 0 Å². The molecule has 0 aliphatic carbocycles. The van der Waals surface area contributed by atoms with Gasteiger partial charge in [0.15, 0.2) is 0 Å². The highest BCUT2D eigenvalue weighted by atomic mass is 19.1. The first-order chi connectivity index (χ1) is 9.61. The maximum Gasteiger partial charge on any atom is 0.127 e. The van der Waals surface area contributed by atoms with Crippen LogP contribution in [-0.2, 0) is 4.74 Å². The van der Waals surface area contributed by atoms with Gasteiger partial charge in [0, 0.05) is 30.7 Å². The average molecular weight is 282 g/mol. The molecule has 1 saturated heterocycles. The molecule has 3 atom stereocenters. The van der Waals surface area contributed by atoms with E-state index in [-0.39, 0.29) is 24.6 Å². The third-order valence-corrected chi connectivity index (χ3v) is 3.87. The van der Waals surface area contributed by atoms with E-state index >= 15 is 0 Å². The molecule has 20 heavy (non-hydrogen) atoms. The quantitative estimate of drug-likeness (QED) is 0.854. The minimum Gasteiger partial charge on any atom is -0.394 e. The van der Waals surface area contributed by atoms with E-state index in [0.717, 1.165) is 6.54 Å². The number of hydrogen-bond donors (Lipinski definition) is 2. The van der Waals surface area contributed by atoms with Crippen molar-refractivity contribution in [3.05, 3.63) is 35.6 Å². The van der Waals surface area contributed by atoms with E-state index < -0.39 is 0 Å². The maximum atomic E-state index is 13.7. The van der Waals surface area contributed by atoms with Gasteiger partial charge in [0.25, 0.3) is 0 Å². The lowest BCUT2D eigenvalue weighted by atomic mass is 10.0. The minimum absolute atomic E-state index is 0.0303. The molecule has 0 spiro atoms. The molecule has 2 rings (SSSR count). The van der Waals surface area contributed by atoms with Crippen LogP contribution in [0.25, 0.3) is 0 Å². The van der Waals surface area contributed by atoms with E-state index in [1.807, 2.05) is 0 Å². The summed E-state index contributed by atoms with van der Waals surface area (Å²) in [6.07, 6.45) is 0.555. The number of rotatable bonds is 5. The fraction of sp³-hybridized carbons (Fsp3) is 0.600. The van der Waals surface area contributed by atoms with E-state index in [2.05, 4.69) is 11.8 Å². The second kappa shape index (κ2) is 7.13. The first kappa shape index (κ1) is 15.4. The topological polar surface area (TPSA) is 58.7 Å². The highest BCUT2D eigenvalue weighted by Gasteiger charge is 2.25. The Morgan fingerprint density at radius 2 is 2.25 bits per heavy atom. The SMILES string of the molecule is CC1COC(CO)CN1CCC(N)c1ccccc1F. The van der Waals surface area contributed by atoms with Crippen LogP contribution in [0.2, 0.25) is 0 Å². The number of aliphatic hydroxyl groups is 1. The predicted octanol–water partition coefficient (Wildman–Crippen LogP) is 1.30. The Morgan fingerprint density at radius 1 is 1.50 bits per heavy atom. The van der Waals surface area contributed by atoms with Crippen LogP contribution in [0.1, 0.15) is 24.9 Å². The average Bonchev–Trinajstić information content (AvgIpc) is 2.46. The van der Waals surface area contributed by atoms with Gasteiger partial charge in [0.1, 0.15) is 5.82 Å². The molecular weight excluding hydrogens is 259 g/mol. The normalized spacial score (nSPS) is 25.6. The second-order valence-electron chi connectivity index (χ2n) is 5.40. The number of ether oxygens (including phenoxy) is 1. The van der Waals surface area contributed by atoms with Crippen LogP contribution in [0, 0.1) is 5.82 Å². The third kappa shape index (κ3) is 3.76. The van der Waals surface area contributed by atoms with Gasteiger partial charge < -0.3 is 15.6 Å². The molecule has 1 heterocycles. The third-order valence-electron chi connectivity index (χ3n) is 3.87. The zero-order valence-electron chi connectivity index (χ0n) is 11.8. The summed E-state index contributed by atoms with van der Waals surface area (Å²) in [5.74, 6) is -0.247. The summed E-state index contributed by atoms with van der Waals surface area (Å²) in [6, 6.07) is 6.64. The molecule has 1 aromatic rings. The fourth-order valence-electron chi connectivity index (χ4n) is 2.53. The van der Waals surface area contributed by atoms with Crippen LogP contribution >= 0.6 is 0 Å². The Bertz CT molecular complexity index is 430. The fourth-order valence-corrected chi connectivity index (χ4v) is 2.53. The molecule has 3 N–H and O–H groups in total. The first-order valence-corrected chi connectivity index (χ1v) is 7.08. The summed E-state index contributed by atoms with van der Waals surface area (Å²) < 4.78 is 19.1. The molecule has 0 amide bonds. The van der Waals surface area contributed by atoms with Crippen LogP contribution in [-0.4, -0.2) is 48.5 Å². The maximum absolute atomic E-state index is 13.7. The van der Waals surface area contributed by atoms with Crippen LogP contribution in [0.5, 0.6) is 0 Å². The molecule has 1 aliphatic heterocycles. The van der Waals surface area contributed by atoms with Crippen molar-refractivity contribution < 1.29 is 14.2 Å². The Hall–Kier alpha value is -1.01. The van der Waals surface area contributed by atoms with E-state index in [1.54, 1.807) is 18.2 Å². The largest absolute Gasteiger partial charge is 0.394 e. The number of hydrogen-bond acceptors (Lipinski definition) is 4. The van der Waals surface area contributed by atoms with Gasteiger partial charge in [-0.25, -0.2) is 4.39 Å². The van der Waals surface area contributed by atoms with Crippen LogP contribution in [0.3, 0.4) is 0 Å². The van der Waals surface area contributed by atoms with E-state index in [4.69, 9.17) is 15.6 Å². The van der Waals surface area contributed by atoms with Crippen LogP contribution < -0.4 is 5.73 Å². The minimum atomic E-state index is -0.307. The van der Waals surface area contributed by atoms with Crippen molar-refractivity contribution in [3.8, 4) is 0 Å². The summed E-state index contributed by atoms with van der Waals surface area (Å²) in [5, 5.41) is 9.16. The van der Waals surface area contributed by atoms with Gasteiger partial charge in [-0.1, -0.05) is 18.2 Å². The first-order valence-electron chi connectivity index (χ1n) is 7.08. The molecule has 1 fully saturated rings. The molecule has 112 valence electrons. The van der Waals surface area contributed by atoms with Crippen molar-refractivity contribution in [2.24, 2.45) is 5.73 Å². The Kier molecular flexibility index (Phi) is 5.48. The van der Waals surface area contributed by atoms with E-state index in [9.17, 15) is 4.39 Å². The Labute approximate surface area is 119 Å². The second-order valence-corrected chi connectivity index (χ2v) is 5.40. The van der Waals surface area contributed by atoms with Gasteiger partial charge in [-0.2, -0.15) is 0 Å². The Balaban J connectivity index is 1.89. The number of halogens is 1. The lowest BCUT2D eigenvalue weighted by Gasteiger charge is -2.37. The molecule has 1 aromatic carbocycles. The number of nitrogens with zero attached hydrogens (tertiary/aromatic N) is 1. The lowest BCUT2D eigenvalue weighted by Crippen LogP contribution is -2.50. The zero-order chi connectivity index (χ0) is 14.5. The Morgan fingerprint density at radius 3 is 2.95 bits per heavy atom. The highest BCUT2D eigenvalue weighted by molar-refractivity contribution is 5.20.